The Bertz CT molecular complexity index is 265. The number of ether oxygens (including phenoxy) is 1. The summed E-state index contributed by atoms with van der Waals surface area (Å²) in [6.45, 7) is 2.81. The van der Waals surface area contributed by atoms with Crippen molar-refractivity contribution in [3.8, 4) is 0 Å². The van der Waals surface area contributed by atoms with Crippen molar-refractivity contribution in [2.75, 3.05) is 13.2 Å². The van der Waals surface area contributed by atoms with Crippen molar-refractivity contribution in [2.24, 2.45) is 0 Å². The highest BCUT2D eigenvalue weighted by Gasteiger charge is 2.08. The van der Waals surface area contributed by atoms with Crippen molar-refractivity contribution < 1.29 is 9.84 Å². The largest absolute Gasteiger partial charge is 0.396 e. The molecule has 2 nitrogen and oxygen atoms in total. The average molecular weight is 229 g/mol. The maximum Gasteiger partial charge on any atom is 0.0637 e. The number of hydrogen-bond acceptors (Lipinski definition) is 2. The standard InChI is InChI=1S/C12H17ClO2/c1-2-15-12(7-8-14)9-10-3-5-11(13)6-4-10/h3-6,12,14H,2,7-9H2,1H3. The molecule has 15 heavy (non-hydrogen) atoms. The van der Waals surface area contributed by atoms with E-state index in [1.807, 2.05) is 31.2 Å². The molecule has 1 aromatic rings. The molecule has 0 fully saturated rings. The first-order valence-corrected chi connectivity index (χ1v) is 5.61. The fourth-order valence-electron chi connectivity index (χ4n) is 1.51. The molecule has 1 unspecified atom stereocenters. The Morgan fingerprint density at radius 1 is 1.33 bits per heavy atom. The van der Waals surface area contributed by atoms with Crippen LogP contribution in [0.25, 0.3) is 0 Å². The van der Waals surface area contributed by atoms with Gasteiger partial charge in [-0.05, 0) is 37.5 Å². The Labute approximate surface area is 95.8 Å². The first-order valence-electron chi connectivity index (χ1n) is 5.23. The van der Waals surface area contributed by atoms with Crippen LogP contribution >= 0.6 is 11.6 Å². The second kappa shape index (κ2) is 6.83. The summed E-state index contributed by atoms with van der Waals surface area (Å²) in [5.41, 5.74) is 1.19. The van der Waals surface area contributed by atoms with Crippen LogP contribution in [0.3, 0.4) is 0 Å². The van der Waals surface area contributed by atoms with Crippen molar-refractivity contribution in [1.29, 1.82) is 0 Å². The molecule has 1 N–H and O–H groups in total. The Morgan fingerprint density at radius 3 is 2.53 bits per heavy atom. The summed E-state index contributed by atoms with van der Waals surface area (Å²) < 4.78 is 5.52. The molecule has 0 aliphatic heterocycles. The van der Waals surface area contributed by atoms with E-state index in [2.05, 4.69) is 0 Å². The molecular formula is C12H17ClO2. The summed E-state index contributed by atoms with van der Waals surface area (Å²) in [4.78, 5) is 0. The lowest BCUT2D eigenvalue weighted by Crippen LogP contribution is -2.17. The number of aliphatic hydroxyl groups is 1. The van der Waals surface area contributed by atoms with Crippen LogP contribution in [0.15, 0.2) is 24.3 Å². The zero-order valence-corrected chi connectivity index (χ0v) is 9.70. The first kappa shape index (κ1) is 12.5. The highest BCUT2D eigenvalue weighted by molar-refractivity contribution is 6.30. The minimum Gasteiger partial charge on any atom is -0.396 e. The van der Waals surface area contributed by atoms with Crippen LogP contribution in [0.5, 0.6) is 0 Å². The third-order valence-electron chi connectivity index (χ3n) is 2.23. The second-order valence-electron chi connectivity index (χ2n) is 3.42. The highest BCUT2D eigenvalue weighted by atomic mass is 35.5. The van der Waals surface area contributed by atoms with Gasteiger partial charge in [-0.1, -0.05) is 23.7 Å². The Hall–Kier alpha value is -0.570. The van der Waals surface area contributed by atoms with Gasteiger partial charge < -0.3 is 9.84 Å². The quantitative estimate of drug-likeness (QED) is 0.811. The van der Waals surface area contributed by atoms with E-state index in [0.717, 1.165) is 11.4 Å². The van der Waals surface area contributed by atoms with E-state index in [-0.39, 0.29) is 12.7 Å². The topological polar surface area (TPSA) is 29.5 Å². The minimum atomic E-state index is 0.0983. The monoisotopic (exact) mass is 228 g/mol. The van der Waals surface area contributed by atoms with Crippen LogP contribution in [-0.2, 0) is 11.2 Å². The van der Waals surface area contributed by atoms with Crippen LogP contribution in [0, 0.1) is 0 Å². The van der Waals surface area contributed by atoms with E-state index in [4.69, 9.17) is 21.4 Å². The maximum atomic E-state index is 8.88. The highest BCUT2D eigenvalue weighted by Crippen LogP contribution is 2.13. The number of hydrogen-bond donors (Lipinski definition) is 1. The van der Waals surface area contributed by atoms with Gasteiger partial charge in [0.1, 0.15) is 0 Å². The number of rotatable bonds is 6. The van der Waals surface area contributed by atoms with Gasteiger partial charge in [-0.25, -0.2) is 0 Å². The van der Waals surface area contributed by atoms with Gasteiger partial charge in [-0.15, -0.1) is 0 Å². The van der Waals surface area contributed by atoms with Crippen molar-refractivity contribution >= 4 is 11.6 Å². The van der Waals surface area contributed by atoms with Gasteiger partial charge in [-0.3, -0.25) is 0 Å². The van der Waals surface area contributed by atoms with Crippen molar-refractivity contribution in [1.82, 2.24) is 0 Å². The molecule has 0 aliphatic rings. The molecule has 1 rings (SSSR count). The van der Waals surface area contributed by atoms with E-state index in [1.54, 1.807) is 0 Å². The summed E-state index contributed by atoms with van der Waals surface area (Å²) in [6, 6.07) is 7.73. The van der Waals surface area contributed by atoms with E-state index in [1.165, 1.54) is 5.56 Å². The van der Waals surface area contributed by atoms with Crippen molar-refractivity contribution in [3.05, 3.63) is 34.9 Å². The van der Waals surface area contributed by atoms with Gasteiger partial charge in [0.05, 0.1) is 6.10 Å². The summed E-state index contributed by atoms with van der Waals surface area (Å²) in [5, 5.41) is 9.63. The molecule has 0 bridgehead atoms. The summed E-state index contributed by atoms with van der Waals surface area (Å²) in [5.74, 6) is 0. The fraction of sp³-hybridized carbons (Fsp3) is 0.500. The number of halogens is 1. The van der Waals surface area contributed by atoms with E-state index < -0.39 is 0 Å². The molecule has 0 saturated carbocycles. The van der Waals surface area contributed by atoms with E-state index >= 15 is 0 Å². The van der Waals surface area contributed by atoms with Gasteiger partial charge in [-0.2, -0.15) is 0 Å². The molecule has 0 spiro atoms. The molecular weight excluding hydrogens is 212 g/mol. The molecule has 3 heteroatoms. The molecule has 0 amide bonds. The number of aliphatic hydroxyl groups excluding tert-OH is 1. The second-order valence-corrected chi connectivity index (χ2v) is 3.86. The third kappa shape index (κ3) is 4.65. The van der Waals surface area contributed by atoms with Crippen LogP contribution < -0.4 is 0 Å². The third-order valence-corrected chi connectivity index (χ3v) is 2.48. The lowest BCUT2D eigenvalue weighted by Gasteiger charge is -2.15. The normalized spacial score (nSPS) is 12.7. The SMILES string of the molecule is CCOC(CCO)Cc1ccc(Cl)cc1. The molecule has 0 heterocycles. The summed E-state index contributed by atoms with van der Waals surface area (Å²) in [7, 11) is 0. The summed E-state index contributed by atoms with van der Waals surface area (Å²) >= 11 is 5.80. The van der Waals surface area contributed by atoms with Crippen LogP contribution in [0.2, 0.25) is 5.02 Å². The van der Waals surface area contributed by atoms with Crippen LogP contribution in [-0.4, -0.2) is 24.4 Å². The predicted octanol–water partition coefficient (Wildman–Crippen LogP) is 2.67. The molecule has 0 aromatic heterocycles. The Kier molecular flexibility index (Phi) is 5.69. The van der Waals surface area contributed by atoms with Crippen molar-refractivity contribution in [3.63, 3.8) is 0 Å². The minimum absolute atomic E-state index is 0.0983. The smallest absolute Gasteiger partial charge is 0.0637 e. The predicted molar refractivity (Wildman–Crippen MR) is 62.3 cm³/mol. The van der Waals surface area contributed by atoms with Crippen molar-refractivity contribution in [2.45, 2.75) is 25.9 Å². The average Bonchev–Trinajstić information content (AvgIpc) is 2.22. The first-order chi connectivity index (χ1) is 7.26. The maximum absolute atomic E-state index is 8.88. The van der Waals surface area contributed by atoms with E-state index in [9.17, 15) is 0 Å². The van der Waals surface area contributed by atoms with Gasteiger partial charge in [0.15, 0.2) is 0 Å². The molecule has 0 aliphatic carbocycles. The number of benzene rings is 1. The fourth-order valence-corrected chi connectivity index (χ4v) is 1.63. The Balaban J connectivity index is 2.53. The molecule has 1 atom stereocenters. The molecule has 0 saturated heterocycles. The van der Waals surface area contributed by atoms with Gasteiger partial charge in [0.25, 0.3) is 0 Å². The summed E-state index contributed by atoms with van der Waals surface area (Å²) in [6.07, 6.45) is 1.60. The Morgan fingerprint density at radius 2 is 2.00 bits per heavy atom. The van der Waals surface area contributed by atoms with Gasteiger partial charge in [0.2, 0.25) is 0 Å². The van der Waals surface area contributed by atoms with E-state index in [0.29, 0.717) is 13.0 Å². The van der Waals surface area contributed by atoms with Crippen LogP contribution in [0.4, 0.5) is 0 Å². The molecule has 1 aromatic carbocycles. The lowest BCUT2D eigenvalue weighted by atomic mass is 10.1. The zero-order chi connectivity index (χ0) is 11.1. The van der Waals surface area contributed by atoms with Gasteiger partial charge in [0, 0.05) is 18.2 Å². The van der Waals surface area contributed by atoms with Crippen LogP contribution in [0.1, 0.15) is 18.9 Å². The molecule has 0 radical (unpaired) electrons. The zero-order valence-electron chi connectivity index (χ0n) is 8.95. The lowest BCUT2D eigenvalue weighted by molar-refractivity contribution is 0.0444. The molecule has 84 valence electrons. The van der Waals surface area contributed by atoms with Gasteiger partial charge >= 0.3 is 0 Å².